The van der Waals surface area contributed by atoms with E-state index in [0.717, 1.165) is 24.5 Å². The number of nitrogens with zero attached hydrogens (tertiary/aromatic N) is 2. The van der Waals surface area contributed by atoms with E-state index in [9.17, 15) is 4.79 Å². The van der Waals surface area contributed by atoms with E-state index >= 15 is 0 Å². The van der Waals surface area contributed by atoms with E-state index in [0.29, 0.717) is 0 Å². The lowest BCUT2D eigenvalue weighted by Crippen LogP contribution is -2.36. The number of aliphatic imine (C=N–C) groups is 1. The van der Waals surface area contributed by atoms with Crippen molar-refractivity contribution in [1.82, 2.24) is 10.2 Å². The van der Waals surface area contributed by atoms with Gasteiger partial charge in [-0.25, -0.2) is 4.79 Å². The van der Waals surface area contributed by atoms with Crippen molar-refractivity contribution in [3.05, 3.63) is 24.2 Å². The first kappa shape index (κ1) is 11.7. The van der Waals surface area contributed by atoms with Gasteiger partial charge in [0.25, 0.3) is 0 Å². The minimum atomic E-state index is -0.488. The number of nitrogens with one attached hydrogen (secondary N) is 1. The summed E-state index contributed by atoms with van der Waals surface area (Å²) in [6.07, 6.45) is 4.81. The van der Waals surface area contributed by atoms with Crippen molar-refractivity contribution in [2.45, 2.75) is 26.4 Å². The Morgan fingerprint density at radius 1 is 1.53 bits per heavy atom. The Bertz CT molecular complexity index is 416. The molecule has 1 amide bonds. The van der Waals surface area contributed by atoms with Gasteiger partial charge >= 0.3 is 6.09 Å². The van der Waals surface area contributed by atoms with Crippen LogP contribution in [0.25, 0.3) is 0 Å². The smallest absolute Gasteiger partial charge is 0.418 e. The monoisotopic (exact) mass is 235 g/mol. The molecule has 0 atom stereocenters. The maximum Gasteiger partial charge on any atom is 0.418 e. The van der Waals surface area contributed by atoms with Gasteiger partial charge in [0.05, 0.1) is 18.0 Å². The summed E-state index contributed by atoms with van der Waals surface area (Å²) in [7, 11) is 0. The van der Waals surface area contributed by atoms with Crippen LogP contribution >= 0.6 is 0 Å². The molecule has 2 rings (SSSR count). The quantitative estimate of drug-likeness (QED) is 0.694. The Balaban J connectivity index is 2.10. The van der Waals surface area contributed by atoms with Crippen molar-refractivity contribution in [2.24, 2.45) is 4.99 Å². The van der Waals surface area contributed by atoms with E-state index in [-0.39, 0.29) is 6.09 Å². The third-order valence-corrected chi connectivity index (χ3v) is 2.25. The predicted octanol–water partition coefficient (Wildman–Crippen LogP) is 1.64. The Hall–Kier alpha value is -1.78. The fraction of sp³-hybridized carbons (Fsp3) is 0.500. The van der Waals surface area contributed by atoms with E-state index in [2.05, 4.69) is 10.3 Å². The topological polar surface area (TPSA) is 53.9 Å². The Kier molecular flexibility index (Phi) is 2.92. The standard InChI is InChI=1S/C12H17N3O2/c1-12(2,3)17-11(16)15-7-4-9-10(8-15)14-6-5-13-9/h4,7-8,14H,5-6H2,1-3H3. The van der Waals surface area contributed by atoms with Crippen LogP contribution in [0.5, 0.6) is 0 Å². The van der Waals surface area contributed by atoms with Gasteiger partial charge in [-0.3, -0.25) is 9.89 Å². The van der Waals surface area contributed by atoms with Gasteiger partial charge in [-0.05, 0) is 26.8 Å². The molecular weight excluding hydrogens is 218 g/mol. The minimum absolute atomic E-state index is 0.382. The fourth-order valence-corrected chi connectivity index (χ4v) is 1.56. The Morgan fingerprint density at radius 2 is 2.29 bits per heavy atom. The first-order chi connectivity index (χ1) is 7.96. The first-order valence-electron chi connectivity index (χ1n) is 5.66. The molecule has 0 spiro atoms. The number of amides is 1. The largest absolute Gasteiger partial charge is 0.443 e. The molecule has 0 aromatic heterocycles. The van der Waals surface area contributed by atoms with E-state index in [1.807, 2.05) is 26.8 Å². The van der Waals surface area contributed by atoms with Crippen LogP contribution < -0.4 is 5.32 Å². The second-order valence-corrected chi connectivity index (χ2v) is 4.94. The molecular formula is C12H17N3O2. The van der Waals surface area contributed by atoms with Crippen LogP contribution in [-0.4, -0.2) is 35.4 Å². The number of hydrogen-bond acceptors (Lipinski definition) is 4. The van der Waals surface area contributed by atoms with Gasteiger partial charge in [0.1, 0.15) is 5.60 Å². The van der Waals surface area contributed by atoms with Crippen LogP contribution in [-0.2, 0) is 4.74 Å². The van der Waals surface area contributed by atoms with Crippen LogP contribution in [0, 0.1) is 0 Å². The zero-order valence-corrected chi connectivity index (χ0v) is 10.4. The lowest BCUT2D eigenvalue weighted by atomic mass is 10.2. The maximum absolute atomic E-state index is 11.8. The van der Waals surface area contributed by atoms with Gasteiger partial charge in [0.15, 0.2) is 0 Å². The summed E-state index contributed by atoms with van der Waals surface area (Å²) in [5.74, 6) is 0. The summed E-state index contributed by atoms with van der Waals surface area (Å²) in [5, 5.41) is 3.20. The number of fused-ring (bicyclic) bond motifs is 1. The molecule has 5 nitrogen and oxygen atoms in total. The van der Waals surface area contributed by atoms with E-state index in [1.165, 1.54) is 4.90 Å². The molecule has 0 saturated heterocycles. The van der Waals surface area contributed by atoms with Gasteiger partial charge < -0.3 is 10.1 Å². The molecule has 2 aliphatic rings. The zero-order chi connectivity index (χ0) is 12.5. The summed E-state index contributed by atoms with van der Waals surface area (Å²) in [5.41, 5.74) is 1.26. The number of carbonyl (C=O) groups is 1. The van der Waals surface area contributed by atoms with Crippen molar-refractivity contribution in [2.75, 3.05) is 13.1 Å². The molecule has 0 unspecified atom stereocenters. The number of allylic oxidation sites excluding steroid dienone is 1. The number of ether oxygens (including phenoxy) is 1. The molecule has 2 heterocycles. The molecule has 0 aromatic carbocycles. The maximum atomic E-state index is 11.8. The number of hydrogen-bond donors (Lipinski definition) is 1. The van der Waals surface area contributed by atoms with E-state index < -0.39 is 5.60 Å². The third kappa shape index (κ3) is 2.87. The average molecular weight is 235 g/mol. The second kappa shape index (κ2) is 4.24. The zero-order valence-electron chi connectivity index (χ0n) is 10.4. The molecule has 0 fully saturated rings. The number of rotatable bonds is 0. The highest BCUT2D eigenvalue weighted by atomic mass is 16.6. The summed E-state index contributed by atoms with van der Waals surface area (Å²) < 4.78 is 5.28. The van der Waals surface area contributed by atoms with E-state index in [4.69, 9.17) is 4.74 Å². The lowest BCUT2D eigenvalue weighted by Gasteiger charge is -2.27. The summed E-state index contributed by atoms with van der Waals surface area (Å²) in [6, 6.07) is 0. The van der Waals surface area contributed by atoms with Gasteiger partial charge in [0, 0.05) is 18.9 Å². The Morgan fingerprint density at radius 3 is 3.00 bits per heavy atom. The minimum Gasteiger partial charge on any atom is -0.443 e. The SMILES string of the molecule is CC(C)(C)OC(=O)N1C=CC2=NCCNC2=C1. The molecule has 0 bridgehead atoms. The molecule has 17 heavy (non-hydrogen) atoms. The molecule has 0 aromatic rings. The third-order valence-electron chi connectivity index (χ3n) is 2.25. The van der Waals surface area contributed by atoms with Crippen molar-refractivity contribution >= 4 is 11.8 Å². The van der Waals surface area contributed by atoms with Crippen LogP contribution in [0.2, 0.25) is 0 Å². The molecule has 5 heteroatoms. The molecule has 2 aliphatic heterocycles. The van der Waals surface area contributed by atoms with Gasteiger partial charge in [-0.15, -0.1) is 0 Å². The molecule has 1 N–H and O–H groups in total. The van der Waals surface area contributed by atoms with Crippen molar-refractivity contribution in [3.63, 3.8) is 0 Å². The van der Waals surface area contributed by atoms with Gasteiger partial charge in [-0.1, -0.05) is 0 Å². The molecule has 0 aliphatic carbocycles. The van der Waals surface area contributed by atoms with Crippen LogP contribution in [0.1, 0.15) is 20.8 Å². The molecule has 92 valence electrons. The summed E-state index contributed by atoms with van der Waals surface area (Å²) in [4.78, 5) is 17.6. The second-order valence-electron chi connectivity index (χ2n) is 4.94. The van der Waals surface area contributed by atoms with Gasteiger partial charge in [-0.2, -0.15) is 0 Å². The highest BCUT2D eigenvalue weighted by Crippen LogP contribution is 2.15. The molecule has 0 radical (unpaired) electrons. The van der Waals surface area contributed by atoms with Crippen LogP contribution in [0.4, 0.5) is 4.79 Å². The van der Waals surface area contributed by atoms with Crippen LogP contribution in [0.15, 0.2) is 29.2 Å². The average Bonchev–Trinajstić information content (AvgIpc) is 2.26. The Labute approximate surface area is 101 Å². The van der Waals surface area contributed by atoms with Crippen molar-refractivity contribution in [3.8, 4) is 0 Å². The lowest BCUT2D eigenvalue weighted by molar-refractivity contribution is 0.0398. The van der Waals surface area contributed by atoms with Gasteiger partial charge in [0.2, 0.25) is 0 Å². The summed E-state index contributed by atoms with van der Waals surface area (Å²) in [6.45, 7) is 7.10. The highest BCUT2D eigenvalue weighted by molar-refractivity contribution is 6.09. The highest BCUT2D eigenvalue weighted by Gasteiger charge is 2.23. The predicted molar refractivity (Wildman–Crippen MR) is 65.6 cm³/mol. The first-order valence-corrected chi connectivity index (χ1v) is 5.66. The van der Waals surface area contributed by atoms with Crippen molar-refractivity contribution < 1.29 is 9.53 Å². The fourth-order valence-electron chi connectivity index (χ4n) is 1.56. The molecule has 0 saturated carbocycles. The number of carbonyl (C=O) groups excluding carboxylic acids is 1. The summed E-state index contributed by atoms with van der Waals surface area (Å²) >= 11 is 0. The van der Waals surface area contributed by atoms with E-state index in [1.54, 1.807) is 12.4 Å². The normalized spacial score (nSPS) is 18.9. The van der Waals surface area contributed by atoms with Crippen molar-refractivity contribution in [1.29, 1.82) is 0 Å². The van der Waals surface area contributed by atoms with Crippen LogP contribution in [0.3, 0.4) is 0 Å².